The van der Waals surface area contributed by atoms with Gasteiger partial charge in [0, 0.05) is 26.7 Å². The molecule has 1 saturated heterocycles. The topological polar surface area (TPSA) is 53.0 Å². The highest BCUT2D eigenvalue weighted by Gasteiger charge is 2.30. The monoisotopic (exact) mass is 484 g/mol. The Balaban J connectivity index is 1.26. The van der Waals surface area contributed by atoms with Crippen LogP contribution in [0.5, 0.6) is 5.75 Å². The molecule has 0 aromatic heterocycles. The van der Waals surface area contributed by atoms with E-state index in [1.165, 1.54) is 55.6 Å². The molecule has 0 atom stereocenters. The zero-order valence-corrected chi connectivity index (χ0v) is 20.2. The maximum atomic E-state index is 12.7. The Kier molecular flexibility index (Phi) is 10.1. The Labute approximate surface area is 201 Å². The summed E-state index contributed by atoms with van der Waals surface area (Å²) in [6.45, 7) is 3.81. The number of hydrogen-bond donors (Lipinski definition) is 1. The molecule has 1 aromatic carbocycles. The van der Waals surface area contributed by atoms with Crippen LogP contribution in [0.25, 0.3) is 0 Å². The molecule has 1 aliphatic heterocycles. The lowest BCUT2D eigenvalue weighted by Crippen LogP contribution is -2.36. The number of amides is 1. The Hall–Kier alpha value is -1.80. The molecule has 2 aliphatic rings. The number of alkyl halides is 3. The van der Waals surface area contributed by atoms with Crippen LogP contribution in [-0.2, 0) is 6.18 Å². The summed E-state index contributed by atoms with van der Waals surface area (Å²) >= 11 is 0. The molecule has 0 spiro atoms. The third kappa shape index (κ3) is 8.77. The fraction of sp³-hybridized carbons (Fsp3) is 0.731. The molecule has 34 heavy (non-hydrogen) atoms. The quantitative estimate of drug-likeness (QED) is 0.440. The molecule has 3 rings (SSSR count). The van der Waals surface area contributed by atoms with Gasteiger partial charge in [0.25, 0.3) is 0 Å². The molecular formula is C26H39F3N2O3. The van der Waals surface area contributed by atoms with Crippen molar-refractivity contribution in [1.82, 2.24) is 9.80 Å². The molecule has 0 bridgehead atoms. The fourth-order valence-corrected chi connectivity index (χ4v) is 5.14. The van der Waals surface area contributed by atoms with Crippen LogP contribution >= 0.6 is 0 Å². The molecule has 1 amide bonds. The van der Waals surface area contributed by atoms with Crippen molar-refractivity contribution in [3.63, 3.8) is 0 Å². The minimum atomic E-state index is -4.41. The summed E-state index contributed by atoms with van der Waals surface area (Å²) in [5.41, 5.74) is -0.764. The van der Waals surface area contributed by atoms with Crippen molar-refractivity contribution in [3.05, 3.63) is 29.8 Å². The van der Waals surface area contributed by atoms with Gasteiger partial charge in [0.15, 0.2) is 0 Å². The average Bonchev–Trinajstić information content (AvgIpc) is 2.81. The normalized spacial score (nSPS) is 22.5. The van der Waals surface area contributed by atoms with Crippen LogP contribution in [0.1, 0.15) is 69.8 Å². The van der Waals surface area contributed by atoms with Crippen LogP contribution < -0.4 is 4.74 Å². The van der Waals surface area contributed by atoms with Crippen LogP contribution in [-0.4, -0.2) is 60.3 Å². The third-order valence-electron chi connectivity index (χ3n) is 7.34. The average molecular weight is 485 g/mol. The number of piperidine rings is 1. The molecule has 0 unspecified atom stereocenters. The summed E-state index contributed by atoms with van der Waals surface area (Å²) in [7, 11) is 1.68. The lowest BCUT2D eigenvalue weighted by atomic mass is 9.79. The summed E-state index contributed by atoms with van der Waals surface area (Å²) in [6, 6.07) is 4.19. The van der Waals surface area contributed by atoms with Gasteiger partial charge in [-0.3, -0.25) is 0 Å². The zero-order chi connectivity index (χ0) is 24.6. The van der Waals surface area contributed by atoms with Gasteiger partial charge in [-0.15, -0.1) is 0 Å². The predicted molar refractivity (Wildman–Crippen MR) is 126 cm³/mol. The van der Waals surface area contributed by atoms with Gasteiger partial charge in [0.1, 0.15) is 5.75 Å². The number of carbonyl (C=O) groups excluding carboxylic acids is 1. The number of aliphatic hydroxyl groups excluding tert-OH is 1. The minimum Gasteiger partial charge on any atom is -0.410 e. The summed E-state index contributed by atoms with van der Waals surface area (Å²) in [4.78, 5) is 16.3. The van der Waals surface area contributed by atoms with Crippen LogP contribution in [0.3, 0.4) is 0 Å². The number of nitrogens with zero attached hydrogens (tertiary/aromatic N) is 2. The van der Waals surface area contributed by atoms with Crippen LogP contribution in [0.15, 0.2) is 24.3 Å². The second kappa shape index (κ2) is 12.8. The lowest BCUT2D eigenvalue weighted by molar-refractivity contribution is -0.137. The van der Waals surface area contributed by atoms with E-state index in [9.17, 15) is 23.1 Å². The van der Waals surface area contributed by atoms with Gasteiger partial charge in [-0.05, 0) is 74.8 Å². The maximum Gasteiger partial charge on any atom is 0.416 e. The number of unbranched alkanes of at least 4 members (excludes halogenated alkanes) is 2. The maximum absolute atomic E-state index is 12.7. The highest BCUT2D eigenvalue weighted by atomic mass is 19.4. The van der Waals surface area contributed by atoms with Gasteiger partial charge >= 0.3 is 12.3 Å². The lowest BCUT2D eigenvalue weighted by Gasteiger charge is -2.31. The Morgan fingerprint density at radius 3 is 2.24 bits per heavy atom. The van der Waals surface area contributed by atoms with E-state index >= 15 is 0 Å². The van der Waals surface area contributed by atoms with E-state index in [0.717, 1.165) is 63.4 Å². The molecule has 0 radical (unpaired) electrons. The molecule has 1 N–H and O–H groups in total. The molecule has 2 fully saturated rings. The molecule has 8 heteroatoms. The van der Waals surface area contributed by atoms with Crippen LogP contribution in [0.2, 0.25) is 0 Å². The summed E-state index contributed by atoms with van der Waals surface area (Å²) in [6.07, 6.45) is 6.38. The molecule has 1 saturated carbocycles. The minimum absolute atomic E-state index is 0.101. The summed E-state index contributed by atoms with van der Waals surface area (Å²) in [5, 5.41) is 9.58. The highest BCUT2D eigenvalue weighted by Crippen LogP contribution is 2.33. The van der Waals surface area contributed by atoms with Crippen LogP contribution in [0.4, 0.5) is 18.0 Å². The van der Waals surface area contributed by atoms with E-state index in [1.54, 1.807) is 7.05 Å². The Bertz CT molecular complexity index is 741. The van der Waals surface area contributed by atoms with Crippen molar-refractivity contribution in [2.45, 2.75) is 76.5 Å². The molecule has 1 aromatic rings. The molecule has 1 aliphatic carbocycles. The molecule has 192 valence electrons. The number of benzene rings is 1. The van der Waals surface area contributed by atoms with E-state index in [0.29, 0.717) is 12.5 Å². The standard InChI is InChI=1S/C26H39F3N2O3/c1-30(25(33)34-24-12-10-22(11-13-24)26(27,28)29)19-21-8-6-20(7-9-21)5-3-2-4-16-31-17-14-23(32)15-18-31/h10-13,20-21,23,32H,2-9,14-19H2,1H3/t20-,21-. The van der Waals surface area contributed by atoms with E-state index < -0.39 is 17.8 Å². The van der Waals surface area contributed by atoms with E-state index in [4.69, 9.17) is 4.74 Å². The second-order valence-electron chi connectivity index (χ2n) is 10.1. The number of hydrogen-bond acceptors (Lipinski definition) is 4. The first-order chi connectivity index (χ1) is 16.2. The number of halogens is 3. The zero-order valence-electron chi connectivity index (χ0n) is 20.2. The first kappa shape index (κ1) is 26.8. The largest absolute Gasteiger partial charge is 0.416 e. The predicted octanol–water partition coefficient (Wildman–Crippen LogP) is 5.96. The van der Waals surface area contributed by atoms with Crippen molar-refractivity contribution in [1.29, 1.82) is 0 Å². The van der Waals surface area contributed by atoms with Crippen molar-refractivity contribution in [2.24, 2.45) is 11.8 Å². The highest BCUT2D eigenvalue weighted by molar-refractivity contribution is 5.70. The number of rotatable bonds is 9. The van der Waals surface area contributed by atoms with Crippen molar-refractivity contribution < 1.29 is 27.8 Å². The first-order valence-corrected chi connectivity index (χ1v) is 12.7. The van der Waals surface area contributed by atoms with Gasteiger partial charge in [-0.25, -0.2) is 4.79 Å². The van der Waals surface area contributed by atoms with Gasteiger partial charge in [0.05, 0.1) is 11.7 Å². The van der Waals surface area contributed by atoms with Crippen molar-refractivity contribution in [3.8, 4) is 5.75 Å². The van der Waals surface area contributed by atoms with E-state index in [-0.39, 0.29) is 11.9 Å². The SMILES string of the molecule is CN(C[C@H]1CC[C@H](CCCCCN2CCC(O)CC2)CC1)C(=O)Oc1ccc(C(F)(F)F)cc1. The fourth-order valence-electron chi connectivity index (χ4n) is 5.14. The molecular weight excluding hydrogens is 445 g/mol. The number of likely N-dealkylation sites (tertiary alicyclic amines) is 1. The number of ether oxygens (including phenoxy) is 1. The van der Waals surface area contributed by atoms with E-state index in [1.807, 2.05) is 0 Å². The molecule has 1 heterocycles. The number of aliphatic hydroxyl groups is 1. The van der Waals surface area contributed by atoms with Gasteiger partial charge in [-0.2, -0.15) is 13.2 Å². The Morgan fingerprint density at radius 2 is 1.62 bits per heavy atom. The van der Waals surface area contributed by atoms with Crippen molar-refractivity contribution >= 4 is 6.09 Å². The Morgan fingerprint density at radius 1 is 1.00 bits per heavy atom. The summed E-state index contributed by atoms with van der Waals surface area (Å²) < 4.78 is 43.2. The van der Waals surface area contributed by atoms with Gasteiger partial charge in [0.2, 0.25) is 0 Å². The molecule has 5 nitrogen and oxygen atoms in total. The third-order valence-corrected chi connectivity index (χ3v) is 7.34. The summed E-state index contributed by atoms with van der Waals surface area (Å²) in [5.74, 6) is 1.33. The second-order valence-corrected chi connectivity index (χ2v) is 10.1. The smallest absolute Gasteiger partial charge is 0.410 e. The first-order valence-electron chi connectivity index (χ1n) is 12.7. The number of carbonyl (C=O) groups is 1. The van der Waals surface area contributed by atoms with Gasteiger partial charge in [-0.1, -0.05) is 32.1 Å². The van der Waals surface area contributed by atoms with Gasteiger partial charge < -0.3 is 19.6 Å². The van der Waals surface area contributed by atoms with E-state index in [2.05, 4.69) is 4.90 Å². The van der Waals surface area contributed by atoms with Crippen LogP contribution in [0, 0.1) is 11.8 Å². The van der Waals surface area contributed by atoms with Crippen molar-refractivity contribution in [2.75, 3.05) is 33.2 Å².